The Morgan fingerprint density at radius 1 is 1.36 bits per heavy atom. The van der Waals surface area contributed by atoms with E-state index < -0.39 is 0 Å². The molecule has 1 aromatic rings. The molecular formula is C11H17NO2. The van der Waals surface area contributed by atoms with E-state index >= 15 is 0 Å². The van der Waals surface area contributed by atoms with Gasteiger partial charge in [-0.05, 0) is 24.1 Å². The quantitative estimate of drug-likeness (QED) is 0.748. The lowest BCUT2D eigenvalue weighted by Crippen LogP contribution is -2.14. The Morgan fingerprint density at radius 2 is 2.00 bits per heavy atom. The number of ether oxygens (including phenoxy) is 1. The zero-order valence-electron chi connectivity index (χ0n) is 8.44. The summed E-state index contributed by atoms with van der Waals surface area (Å²) in [6.07, 6.45) is 0.998. The Balaban J connectivity index is 2.59. The van der Waals surface area contributed by atoms with Crippen molar-refractivity contribution in [3.8, 4) is 5.75 Å². The summed E-state index contributed by atoms with van der Waals surface area (Å²) in [5, 5.41) is 8.84. The summed E-state index contributed by atoms with van der Waals surface area (Å²) in [7, 11) is 0. The van der Waals surface area contributed by atoms with Crippen molar-refractivity contribution in [2.24, 2.45) is 5.73 Å². The number of rotatable bonds is 5. The van der Waals surface area contributed by atoms with Gasteiger partial charge in [-0.2, -0.15) is 0 Å². The summed E-state index contributed by atoms with van der Waals surface area (Å²) in [5.74, 6) is 0.848. The molecule has 0 bridgehead atoms. The number of nitrogens with two attached hydrogens (primary N) is 1. The number of hydrogen-bond donors (Lipinski definition) is 2. The average molecular weight is 195 g/mol. The summed E-state index contributed by atoms with van der Waals surface area (Å²) in [4.78, 5) is 0. The molecule has 3 N–H and O–H groups in total. The Kier molecular flexibility index (Phi) is 4.43. The lowest BCUT2D eigenvalue weighted by atomic mass is 10.1. The van der Waals surface area contributed by atoms with Gasteiger partial charge in [-0.15, -0.1) is 0 Å². The minimum Gasteiger partial charge on any atom is -0.494 e. The third-order valence-corrected chi connectivity index (χ3v) is 1.98. The maximum atomic E-state index is 8.84. The topological polar surface area (TPSA) is 55.5 Å². The molecular weight excluding hydrogens is 178 g/mol. The molecule has 3 heteroatoms. The fraction of sp³-hybridized carbons (Fsp3) is 0.455. The highest BCUT2D eigenvalue weighted by molar-refractivity contribution is 5.29. The van der Waals surface area contributed by atoms with Gasteiger partial charge in [0.2, 0.25) is 0 Å². The lowest BCUT2D eigenvalue weighted by molar-refractivity contribution is 0.267. The van der Waals surface area contributed by atoms with E-state index in [0.717, 1.165) is 24.3 Å². The standard InChI is InChI=1S/C11H17NO2/c1-2-7-14-10-5-3-9(4-6-10)11(12)8-13/h3-6,11,13H,2,7-8,12H2,1H3/t11-/m1/s1. The second-order valence-corrected chi connectivity index (χ2v) is 3.21. The molecule has 0 aliphatic carbocycles. The van der Waals surface area contributed by atoms with Crippen molar-refractivity contribution in [3.63, 3.8) is 0 Å². The van der Waals surface area contributed by atoms with Gasteiger partial charge in [-0.3, -0.25) is 0 Å². The molecule has 0 saturated carbocycles. The fourth-order valence-electron chi connectivity index (χ4n) is 1.14. The highest BCUT2D eigenvalue weighted by atomic mass is 16.5. The van der Waals surface area contributed by atoms with Crippen LogP contribution in [0.3, 0.4) is 0 Å². The van der Waals surface area contributed by atoms with Crippen molar-refractivity contribution in [3.05, 3.63) is 29.8 Å². The molecule has 1 rings (SSSR count). The van der Waals surface area contributed by atoms with E-state index in [2.05, 4.69) is 6.92 Å². The van der Waals surface area contributed by atoms with E-state index in [1.807, 2.05) is 24.3 Å². The van der Waals surface area contributed by atoms with Crippen molar-refractivity contribution < 1.29 is 9.84 Å². The summed E-state index contributed by atoms with van der Waals surface area (Å²) in [5.41, 5.74) is 6.58. The summed E-state index contributed by atoms with van der Waals surface area (Å²) >= 11 is 0. The zero-order chi connectivity index (χ0) is 10.4. The normalized spacial score (nSPS) is 12.5. The molecule has 0 spiro atoms. The van der Waals surface area contributed by atoms with Crippen molar-refractivity contribution in [1.29, 1.82) is 0 Å². The Labute approximate surface area is 84.5 Å². The first-order valence-electron chi connectivity index (χ1n) is 4.87. The van der Waals surface area contributed by atoms with Crippen LogP contribution < -0.4 is 10.5 Å². The summed E-state index contributed by atoms with van der Waals surface area (Å²) < 4.78 is 5.42. The average Bonchev–Trinajstić information content (AvgIpc) is 2.26. The second kappa shape index (κ2) is 5.62. The van der Waals surface area contributed by atoms with E-state index in [1.54, 1.807) is 0 Å². The first kappa shape index (κ1) is 11.0. The number of benzene rings is 1. The summed E-state index contributed by atoms with van der Waals surface area (Å²) in [6.45, 7) is 2.76. The highest BCUT2D eigenvalue weighted by Gasteiger charge is 2.03. The molecule has 1 aromatic carbocycles. The molecule has 0 aliphatic rings. The molecule has 14 heavy (non-hydrogen) atoms. The van der Waals surface area contributed by atoms with Crippen LogP contribution in [0.2, 0.25) is 0 Å². The smallest absolute Gasteiger partial charge is 0.119 e. The maximum absolute atomic E-state index is 8.84. The van der Waals surface area contributed by atoms with Gasteiger partial charge in [0.05, 0.1) is 19.3 Å². The van der Waals surface area contributed by atoms with E-state index in [-0.39, 0.29) is 12.6 Å². The van der Waals surface area contributed by atoms with Crippen LogP contribution in [-0.2, 0) is 0 Å². The monoisotopic (exact) mass is 195 g/mol. The fourth-order valence-corrected chi connectivity index (χ4v) is 1.14. The van der Waals surface area contributed by atoms with Crippen LogP contribution in [0.5, 0.6) is 5.75 Å². The zero-order valence-corrected chi connectivity index (χ0v) is 8.44. The third-order valence-electron chi connectivity index (χ3n) is 1.98. The third kappa shape index (κ3) is 3.01. The van der Waals surface area contributed by atoms with Crippen LogP contribution in [0.15, 0.2) is 24.3 Å². The van der Waals surface area contributed by atoms with Gasteiger partial charge in [0.25, 0.3) is 0 Å². The molecule has 3 nitrogen and oxygen atoms in total. The lowest BCUT2D eigenvalue weighted by Gasteiger charge is -2.09. The molecule has 0 heterocycles. The van der Waals surface area contributed by atoms with E-state index in [1.165, 1.54) is 0 Å². The summed E-state index contributed by atoms with van der Waals surface area (Å²) in [6, 6.07) is 7.22. The van der Waals surface area contributed by atoms with E-state index in [4.69, 9.17) is 15.6 Å². The second-order valence-electron chi connectivity index (χ2n) is 3.21. The molecule has 0 unspecified atom stereocenters. The Bertz CT molecular complexity index is 258. The van der Waals surface area contributed by atoms with Gasteiger partial charge in [0.15, 0.2) is 0 Å². The molecule has 78 valence electrons. The Hall–Kier alpha value is -1.06. The van der Waals surface area contributed by atoms with E-state index in [0.29, 0.717) is 0 Å². The van der Waals surface area contributed by atoms with Gasteiger partial charge in [0, 0.05) is 0 Å². The molecule has 0 radical (unpaired) electrons. The van der Waals surface area contributed by atoms with Gasteiger partial charge in [0.1, 0.15) is 5.75 Å². The molecule has 0 amide bonds. The molecule has 0 aromatic heterocycles. The Morgan fingerprint density at radius 3 is 2.50 bits per heavy atom. The largest absolute Gasteiger partial charge is 0.494 e. The molecule has 0 saturated heterocycles. The van der Waals surface area contributed by atoms with Gasteiger partial charge in [-0.25, -0.2) is 0 Å². The van der Waals surface area contributed by atoms with Crippen LogP contribution in [0, 0.1) is 0 Å². The number of aliphatic hydroxyl groups is 1. The van der Waals surface area contributed by atoms with Crippen molar-refractivity contribution >= 4 is 0 Å². The van der Waals surface area contributed by atoms with Crippen LogP contribution in [-0.4, -0.2) is 18.3 Å². The van der Waals surface area contributed by atoms with Gasteiger partial charge < -0.3 is 15.6 Å². The van der Waals surface area contributed by atoms with Crippen molar-refractivity contribution in [2.45, 2.75) is 19.4 Å². The van der Waals surface area contributed by atoms with Crippen molar-refractivity contribution in [1.82, 2.24) is 0 Å². The predicted octanol–water partition coefficient (Wildman–Crippen LogP) is 1.47. The van der Waals surface area contributed by atoms with Gasteiger partial charge >= 0.3 is 0 Å². The van der Waals surface area contributed by atoms with Crippen LogP contribution in [0.25, 0.3) is 0 Å². The maximum Gasteiger partial charge on any atom is 0.119 e. The SMILES string of the molecule is CCCOc1ccc([C@H](N)CO)cc1. The van der Waals surface area contributed by atoms with Crippen LogP contribution in [0.4, 0.5) is 0 Å². The van der Waals surface area contributed by atoms with Crippen molar-refractivity contribution in [2.75, 3.05) is 13.2 Å². The molecule has 1 atom stereocenters. The first-order valence-corrected chi connectivity index (χ1v) is 4.87. The van der Waals surface area contributed by atoms with Crippen LogP contribution >= 0.6 is 0 Å². The first-order chi connectivity index (χ1) is 6.77. The van der Waals surface area contributed by atoms with Gasteiger partial charge in [-0.1, -0.05) is 19.1 Å². The molecule has 0 fully saturated rings. The minimum atomic E-state index is -0.296. The predicted molar refractivity (Wildman–Crippen MR) is 56.2 cm³/mol. The minimum absolute atomic E-state index is 0.0326. The number of aliphatic hydroxyl groups excluding tert-OH is 1. The number of hydrogen-bond acceptors (Lipinski definition) is 3. The van der Waals surface area contributed by atoms with E-state index in [9.17, 15) is 0 Å². The van der Waals surface area contributed by atoms with Crippen LogP contribution in [0.1, 0.15) is 24.9 Å². The highest BCUT2D eigenvalue weighted by Crippen LogP contribution is 2.16. The molecule has 0 aliphatic heterocycles.